The molecule has 3 nitrogen and oxygen atoms in total. The van der Waals surface area contributed by atoms with Crippen LogP contribution in [0.25, 0.3) is 0 Å². The summed E-state index contributed by atoms with van der Waals surface area (Å²) in [5.41, 5.74) is 3.25. The smallest absolute Gasteiger partial charge is 0.241 e. The topological polar surface area (TPSA) is 41.1 Å². The first-order valence-corrected chi connectivity index (χ1v) is 6.69. The molecule has 1 aromatic carbocycles. The molecule has 0 saturated carbocycles. The summed E-state index contributed by atoms with van der Waals surface area (Å²) in [5, 5.41) is 6.33. The predicted octanol–water partition coefficient (Wildman–Crippen LogP) is 2.63. The molecule has 0 spiro atoms. The Balaban J connectivity index is 2.06. The molecule has 3 heteroatoms. The number of benzene rings is 1. The molecular formula is C15H22N2O. The van der Waals surface area contributed by atoms with E-state index in [1.54, 1.807) is 0 Å². The minimum atomic E-state index is -0.0560. The van der Waals surface area contributed by atoms with Crippen LogP contribution in [0.4, 0.5) is 5.69 Å². The van der Waals surface area contributed by atoms with Crippen LogP contribution in [0, 0.1) is 19.8 Å². The van der Waals surface area contributed by atoms with Gasteiger partial charge in [0.05, 0.1) is 6.04 Å². The monoisotopic (exact) mass is 246 g/mol. The normalized spacial score (nSPS) is 23.7. The average Bonchev–Trinajstić information content (AvgIpc) is 2.27. The summed E-state index contributed by atoms with van der Waals surface area (Å²) in [4.78, 5) is 12.2. The largest absolute Gasteiger partial charge is 0.325 e. The zero-order valence-electron chi connectivity index (χ0n) is 11.4. The van der Waals surface area contributed by atoms with Crippen molar-refractivity contribution < 1.29 is 4.79 Å². The maximum atomic E-state index is 12.2. The molecule has 0 aromatic heterocycles. The van der Waals surface area contributed by atoms with Crippen molar-refractivity contribution in [1.29, 1.82) is 0 Å². The molecule has 0 radical (unpaired) electrons. The van der Waals surface area contributed by atoms with Crippen molar-refractivity contribution in [3.63, 3.8) is 0 Å². The molecule has 1 aliphatic rings. The third kappa shape index (κ3) is 3.10. The lowest BCUT2D eigenvalue weighted by Gasteiger charge is -2.29. The highest BCUT2D eigenvalue weighted by Gasteiger charge is 2.27. The summed E-state index contributed by atoms with van der Waals surface area (Å²) in [6.45, 7) is 7.17. The third-order valence-electron chi connectivity index (χ3n) is 3.54. The number of rotatable bonds is 2. The van der Waals surface area contributed by atoms with Gasteiger partial charge in [-0.25, -0.2) is 0 Å². The molecule has 1 heterocycles. The van der Waals surface area contributed by atoms with E-state index in [0.717, 1.165) is 25.1 Å². The zero-order chi connectivity index (χ0) is 13.1. The number of piperidine rings is 1. The number of hydrogen-bond acceptors (Lipinski definition) is 2. The molecule has 18 heavy (non-hydrogen) atoms. The second kappa shape index (κ2) is 5.53. The van der Waals surface area contributed by atoms with Gasteiger partial charge in [0.15, 0.2) is 0 Å². The molecule has 2 rings (SSSR count). The van der Waals surface area contributed by atoms with E-state index >= 15 is 0 Å². The van der Waals surface area contributed by atoms with Crippen molar-refractivity contribution in [2.24, 2.45) is 5.92 Å². The van der Waals surface area contributed by atoms with Gasteiger partial charge in [-0.05, 0) is 62.4 Å². The molecule has 2 atom stereocenters. The molecule has 1 amide bonds. The van der Waals surface area contributed by atoms with Gasteiger partial charge in [-0.1, -0.05) is 13.0 Å². The number of anilines is 1. The summed E-state index contributed by atoms with van der Waals surface area (Å²) in [5.74, 6) is 0.497. The van der Waals surface area contributed by atoms with Crippen LogP contribution in [0.3, 0.4) is 0 Å². The Labute approximate surface area is 109 Å². The second-order valence-corrected chi connectivity index (χ2v) is 5.42. The van der Waals surface area contributed by atoms with Crippen molar-refractivity contribution in [1.82, 2.24) is 5.32 Å². The molecule has 0 aliphatic carbocycles. The molecule has 1 saturated heterocycles. The molecule has 1 aromatic rings. The number of carbonyl (C=O) groups is 1. The fraction of sp³-hybridized carbons (Fsp3) is 0.533. The fourth-order valence-electron chi connectivity index (χ4n) is 2.67. The predicted molar refractivity (Wildman–Crippen MR) is 74.7 cm³/mol. The van der Waals surface area contributed by atoms with E-state index in [4.69, 9.17) is 0 Å². The lowest BCUT2D eigenvalue weighted by Crippen LogP contribution is -2.48. The van der Waals surface area contributed by atoms with Crippen LogP contribution in [0.15, 0.2) is 18.2 Å². The Morgan fingerprint density at radius 3 is 2.56 bits per heavy atom. The van der Waals surface area contributed by atoms with Crippen molar-refractivity contribution in [2.75, 3.05) is 11.9 Å². The van der Waals surface area contributed by atoms with Gasteiger partial charge in [0.1, 0.15) is 0 Å². The van der Waals surface area contributed by atoms with Crippen LogP contribution in [0.1, 0.15) is 30.9 Å². The molecule has 2 N–H and O–H groups in total. The van der Waals surface area contributed by atoms with Crippen LogP contribution in [-0.2, 0) is 4.79 Å². The second-order valence-electron chi connectivity index (χ2n) is 5.42. The Morgan fingerprint density at radius 2 is 1.94 bits per heavy atom. The maximum Gasteiger partial charge on any atom is 0.241 e. The number of aryl methyl sites for hydroxylation is 2. The van der Waals surface area contributed by atoms with Gasteiger partial charge < -0.3 is 10.6 Å². The van der Waals surface area contributed by atoms with Gasteiger partial charge in [0, 0.05) is 5.69 Å². The van der Waals surface area contributed by atoms with Crippen molar-refractivity contribution in [3.8, 4) is 0 Å². The minimum absolute atomic E-state index is 0.0560. The zero-order valence-corrected chi connectivity index (χ0v) is 11.4. The van der Waals surface area contributed by atoms with Crippen molar-refractivity contribution in [3.05, 3.63) is 29.3 Å². The Morgan fingerprint density at radius 1 is 1.28 bits per heavy atom. The Hall–Kier alpha value is -1.35. The van der Waals surface area contributed by atoms with E-state index < -0.39 is 0 Å². The highest BCUT2D eigenvalue weighted by atomic mass is 16.2. The molecule has 1 aliphatic heterocycles. The van der Waals surface area contributed by atoms with E-state index in [1.165, 1.54) is 11.1 Å². The van der Waals surface area contributed by atoms with Crippen molar-refractivity contribution >= 4 is 11.6 Å². The van der Waals surface area contributed by atoms with Gasteiger partial charge in [-0.3, -0.25) is 4.79 Å². The molecular weight excluding hydrogens is 224 g/mol. The van der Waals surface area contributed by atoms with Crippen molar-refractivity contribution in [2.45, 2.75) is 39.7 Å². The van der Waals surface area contributed by atoms with Gasteiger partial charge in [-0.2, -0.15) is 0 Å². The van der Waals surface area contributed by atoms with Crippen LogP contribution in [0.2, 0.25) is 0 Å². The molecule has 1 fully saturated rings. The van der Waals surface area contributed by atoms with E-state index in [-0.39, 0.29) is 11.9 Å². The number of carbonyl (C=O) groups excluding carboxylic acids is 1. The lowest BCUT2D eigenvalue weighted by atomic mass is 9.92. The van der Waals surface area contributed by atoms with E-state index in [9.17, 15) is 4.79 Å². The van der Waals surface area contributed by atoms with Crippen LogP contribution in [-0.4, -0.2) is 18.5 Å². The van der Waals surface area contributed by atoms with E-state index in [0.29, 0.717) is 5.92 Å². The third-order valence-corrected chi connectivity index (χ3v) is 3.54. The number of amides is 1. The van der Waals surface area contributed by atoms with Gasteiger partial charge >= 0.3 is 0 Å². The lowest BCUT2D eigenvalue weighted by molar-refractivity contribution is -0.119. The highest BCUT2D eigenvalue weighted by molar-refractivity contribution is 5.95. The SMILES string of the molecule is Cc1cc(C)cc(NC(=O)C2NCCCC2C)c1. The molecule has 98 valence electrons. The summed E-state index contributed by atoms with van der Waals surface area (Å²) in [6.07, 6.45) is 2.28. The summed E-state index contributed by atoms with van der Waals surface area (Å²) < 4.78 is 0. The van der Waals surface area contributed by atoms with Crippen LogP contribution >= 0.6 is 0 Å². The fourth-order valence-corrected chi connectivity index (χ4v) is 2.67. The van der Waals surface area contributed by atoms with E-state index in [1.807, 2.05) is 26.0 Å². The summed E-state index contributed by atoms with van der Waals surface area (Å²) in [7, 11) is 0. The standard InChI is InChI=1S/C15H22N2O/c1-10-7-11(2)9-13(8-10)17-15(18)14-12(3)5-4-6-16-14/h7-9,12,14,16H,4-6H2,1-3H3,(H,17,18). The number of nitrogens with one attached hydrogen (secondary N) is 2. The first-order valence-electron chi connectivity index (χ1n) is 6.69. The first-order chi connectivity index (χ1) is 8.56. The van der Waals surface area contributed by atoms with Gasteiger partial charge in [-0.15, -0.1) is 0 Å². The minimum Gasteiger partial charge on any atom is -0.325 e. The maximum absolute atomic E-state index is 12.2. The molecule has 0 bridgehead atoms. The quantitative estimate of drug-likeness (QED) is 0.842. The summed E-state index contributed by atoms with van der Waals surface area (Å²) in [6, 6.07) is 6.08. The Kier molecular flexibility index (Phi) is 4.02. The number of hydrogen-bond donors (Lipinski definition) is 2. The summed E-state index contributed by atoms with van der Waals surface area (Å²) >= 11 is 0. The van der Waals surface area contributed by atoms with E-state index in [2.05, 4.69) is 23.6 Å². The highest BCUT2D eigenvalue weighted by Crippen LogP contribution is 2.19. The van der Waals surface area contributed by atoms with Crippen LogP contribution in [0.5, 0.6) is 0 Å². The van der Waals surface area contributed by atoms with Crippen LogP contribution < -0.4 is 10.6 Å². The first kappa shape index (κ1) is 13.1. The van der Waals surface area contributed by atoms with Gasteiger partial charge in [0.25, 0.3) is 0 Å². The Bertz CT molecular complexity index is 422. The van der Waals surface area contributed by atoms with Gasteiger partial charge in [0.2, 0.25) is 5.91 Å². The molecule has 2 unspecified atom stereocenters. The average molecular weight is 246 g/mol.